The van der Waals surface area contributed by atoms with Crippen molar-refractivity contribution in [2.75, 3.05) is 36.5 Å². The molecule has 0 bridgehead atoms. The molecule has 2 aliphatic rings. The molecule has 170 valence electrons. The number of amides is 1. The molecule has 1 N–H and O–H groups in total. The number of nitrogens with one attached hydrogen (secondary N) is 1. The first-order valence-corrected chi connectivity index (χ1v) is 11.4. The number of para-hydroxylation sites is 1. The second-order valence-corrected chi connectivity index (χ2v) is 8.70. The molecule has 3 aromatic carbocycles. The smallest absolute Gasteiger partial charge is 0.225 e. The number of rotatable bonds is 5. The molecule has 2 aliphatic heterocycles. The fourth-order valence-corrected chi connectivity index (χ4v) is 5.04. The van der Waals surface area contributed by atoms with Gasteiger partial charge in [-0.2, -0.15) is 0 Å². The molecule has 0 aliphatic carbocycles. The Kier molecular flexibility index (Phi) is 5.90. The second-order valence-electron chi connectivity index (χ2n) is 8.70. The van der Waals surface area contributed by atoms with E-state index < -0.39 is 0 Å². The number of ether oxygens (including phenoxy) is 1. The van der Waals surface area contributed by atoms with Crippen LogP contribution in [0.5, 0.6) is 5.75 Å². The molecule has 1 fully saturated rings. The van der Waals surface area contributed by atoms with E-state index >= 15 is 0 Å². The van der Waals surface area contributed by atoms with E-state index in [1.807, 2.05) is 30.3 Å². The lowest BCUT2D eigenvalue weighted by Crippen LogP contribution is -2.61. The molecule has 0 aromatic heterocycles. The maximum atomic E-state index is 13.6. The van der Waals surface area contributed by atoms with Gasteiger partial charge in [-0.25, -0.2) is 4.39 Å². The third kappa shape index (κ3) is 4.38. The summed E-state index contributed by atoms with van der Waals surface area (Å²) in [6.07, 6.45) is 0.665. The second kappa shape index (κ2) is 9.14. The fourth-order valence-electron chi connectivity index (χ4n) is 5.04. The number of benzene rings is 3. The predicted octanol–water partition coefficient (Wildman–Crippen LogP) is 4.02. The molecule has 2 unspecified atom stereocenters. The lowest BCUT2D eigenvalue weighted by atomic mass is 9.83. The highest BCUT2D eigenvalue weighted by Gasteiger charge is 2.41. The predicted molar refractivity (Wildman–Crippen MR) is 128 cm³/mol. The molecule has 5 rings (SSSR count). The van der Waals surface area contributed by atoms with Crippen molar-refractivity contribution in [2.45, 2.75) is 19.0 Å². The number of carbonyl (C=O) groups is 1. The summed E-state index contributed by atoms with van der Waals surface area (Å²) in [5, 5.41) is 3.06. The molecule has 5 nitrogen and oxygen atoms in total. The van der Waals surface area contributed by atoms with Gasteiger partial charge >= 0.3 is 0 Å². The number of methoxy groups -OCH3 is 1. The Morgan fingerprint density at radius 2 is 1.91 bits per heavy atom. The lowest BCUT2D eigenvalue weighted by Gasteiger charge is -2.49. The highest BCUT2D eigenvalue weighted by molar-refractivity contribution is 5.82. The van der Waals surface area contributed by atoms with Gasteiger partial charge in [-0.3, -0.25) is 4.79 Å². The van der Waals surface area contributed by atoms with Crippen LogP contribution in [-0.2, 0) is 17.8 Å². The Balaban J connectivity index is 1.41. The Bertz CT molecular complexity index is 1140. The number of nitrogens with zero attached hydrogens (tertiary/aromatic N) is 2. The van der Waals surface area contributed by atoms with E-state index in [0.29, 0.717) is 13.0 Å². The quantitative estimate of drug-likeness (QED) is 0.645. The van der Waals surface area contributed by atoms with Gasteiger partial charge in [0.1, 0.15) is 11.6 Å². The first kappa shape index (κ1) is 21.3. The van der Waals surface area contributed by atoms with Crippen molar-refractivity contribution in [2.24, 2.45) is 5.92 Å². The minimum absolute atomic E-state index is 0.00522. The summed E-state index contributed by atoms with van der Waals surface area (Å²) in [5.41, 5.74) is 4.25. The van der Waals surface area contributed by atoms with Crippen molar-refractivity contribution in [3.8, 4) is 5.75 Å². The summed E-state index contributed by atoms with van der Waals surface area (Å²) in [6, 6.07) is 22.9. The van der Waals surface area contributed by atoms with Crippen LogP contribution in [0.1, 0.15) is 11.1 Å². The zero-order chi connectivity index (χ0) is 22.8. The summed E-state index contributed by atoms with van der Waals surface area (Å²) < 4.78 is 19.0. The van der Waals surface area contributed by atoms with Crippen molar-refractivity contribution in [1.82, 2.24) is 5.32 Å². The zero-order valence-electron chi connectivity index (χ0n) is 18.7. The summed E-state index contributed by atoms with van der Waals surface area (Å²) >= 11 is 0. The number of carbonyl (C=O) groups excluding carboxylic acids is 1. The van der Waals surface area contributed by atoms with Crippen molar-refractivity contribution in [3.05, 3.63) is 89.7 Å². The third-order valence-corrected chi connectivity index (χ3v) is 6.74. The highest BCUT2D eigenvalue weighted by Crippen LogP contribution is 2.39. The molecule has 2 heterocycles. The third-order valence-electron chi connectivity index (χ3n) is 6.74. The van der Waals surface area contributed by atoms with Crippen LogP contribution in [0.3, 0.4) is 0 Å². The molecule has 0 radical (unpaired) electrons. The van der Waals surface area contributed by atoms with E-state index in [9.17, 15) is 9.18 Å². The van der Waals surface area contributed by atoms with Gasteiger partial charge in [0.2, 0.25) is 5.91 Å². The number of hydrogen-bond acceptors (Lipinski definition) is 4. The normalized spacial score (nSPS) is 19.5. The van der Waals surface area contributed by atoms with Crippen LogP contribution in [0.4, 0.5) is 15.8 Å². The number of fused-ring (bicyclic) bond motifs is 3. The van der Waals surface area contributed by atoms with E-state index in [2.05, 4.69) is 39.4 Å². The van der Waals surface area contributed by atoms with Crippen LogP contribution in [-0.4, -0.2) is 38.7 Å². The van der Waals surface area contributed by atoms with Gasteiger partial charge in [0, 0.05) is 43.6 Å². The molecule has 6 heteroatoms. The summed E-state index contributed by atoms with van der Waals surface area (Å²) in [5.74, 6) is 0.336. The molecule has 0 spiro atoms. The van der Waals surface area contributed by atoms with Crippen molar-refractivity contribution in [1.29, 1.82) is 0 Å². The average Bonchev–Trinajstić information content (AvgIpc) is 2.86. The van der Waals surface area contributed by atoms with Gasteiger partial charge in [0.15, 0.2) is 0 Å². The van der Waals surface area contributed by atoms with Crippen LogP contribution >= 0.6 is 0 Å². The van der Waals surface area contributed by atoms with Gasteiger partial charge in [-0.1, -0.05) is 36.4 Å². The van der Waals surface area contributed by atoms with Gasteiger partial charge in [-0.05, 0) is 47.9 Å². The lowest BCUT2D eigenvalue weighted by molar-refractivity contribution is -0.126. The van der Waals surface area contributed by atoms with Gasteiger partial charge in [0.05, 0.1) is 19.1 Å². The Morgan fingerprint density at radius 3 is 2.70 bits per heavy atom. The van der Waals surface area contributed by atoms with Crippen LogP contribution in [0, 0.1) is 11.7 Å². The van der Waals surface area contributed by atoms with Gasteiger partial charge < -0.3 is 19.9 Å². The average molecular weight is 446 g/mol. The van der Waals surface area contributed by atoms with E-state index in [-0.39, 0.29) is 23.7 Å². The topological polar surface area (TPSA) is 44.8 Å². The number of halogens is 1. The first-order valence-electron chi connectivity index (χ1n) is 11.4. The maximum absolute atomic E-state index is 13.6. The monoisotopic (exact) mass is 445 g/mol. The maximum Gasteiger partial charge on any atom is 0.225 e. The minimum Gasteiger partial charge on any atom is -0.497 e. The standard InChI is InChI=1S/C27H28FN3O2/c1-33-23-11-10-20-15-24(27(32)29-17-19-6-5-7-21(28)14-19)26-18-30(22-8-3-2-4-9-22)12-13-31(26)25(20)16-23/h2-11,14,16,24,26H,12-13,15,17-18H2,1H3,(H,29,32). The zero-order valence-corrected chi connectivity index (χ0v) is 18.7. The van der Waals surface area contributed by atoms with Crippen molar-refractivity contribution < 1.29 is 13.9 Å². The summed E-state index contributed by atoms with van der Waals surface area (Å²) in [7, 11) is 1.68. The van der Waals surface area contributed by atoms with E-state index in [0.717, 1.165) is 42.2 Å². The summed E-state index contributed by atoms with van der Waals surface area (Å²) in [6.45, 7) is 2.79. The van der Waals surface area contributed by atoms with Crippen LogP contribution in [0.25, 0.3) is 0 Å². The van der Waals surface area contributed by atoms with Crippen molar-refractivity contribution >= 4 is 17.3 Å². The molecule has 1 saturated heterocycles. The molecule has 0 saturated carbocycles. The van der Waals surface area contributed by atoms with Crippen molar-refractivity contribution in [3.63, 3.8) is 0 Å². The number of anilines is 2. The molecule has 2 atom stereocenters. The van der Waals surface area contributed by atoms with Gasteiger partial charge in [-0.15, -0.1) is 0 Å². The van der Waals surface area contributed by atoms with E-state index in [1.165, 1.54) is 17.8 Å². The number of piperazine rings is 1. The van der Waals surface area contributed by atoms with Crippen LogP contribution in [0.15, 0.2) is 72.8 Å². The SMILES string of the molecule is COc1ccc2c(c1)N1CCN(c3ccccc3)CC1C(C(=O)NCc1cccc(F)c1)C2. The molecular formula is C27H28FN3O2. The first-order chi connectivity index (χ1) is 16.1. The van der Waals surface area contributed by atoms with Crippen LogP contribution in [0.2, 0.25) is 0 Å². The molecule has 1 amide bonds. The minimum atomic E-state index is -0.292. The molecule has 3 aromatic rings. The Morgan fingerprint density at radius 1 is 1.06 bits per heavy atom. The van der Waals surface area contributed by atoms with Crippen LogP contribution < -0.4 is 19.9 Å². The Labute approximate surface area is 193 Å². The summed E-state index contributed by atoms with van der Waals surface area (Å²) in [4.78, 5) is 18.1. The molecular weight excluding hydrogens is 417 g/mol. The van der Waals surface area contributed by atoms with E-state index in [4.69, 9.17) is 4.74 Å². The highest BCUT2D eigenvalue weighted by atomic mass is 19.1. The fraction of sp³-hybridized carbons (Fsp3) is 0.296. The Hall–Kier alpha value is -3.54. The number of hydrogen-bond donors (Lipinski definition) is 1. The molecule has 33 heavy (non-hydrogen) atoms. The van der Waals surface area contributed by atoms with E-state index in [1.54, 1.807) is 13.2 Å². The largest absolute Gasteiger partial charge is 0.497 e. The van der Waals surface area contributed by atoms with Gasteiger partial charge in [0.25, 0.3) is 0 Å².